The Bertz CT molecular complexity index is 983. The summed E-state index contributed by atoms with van der Waals surface area (Å²) in [5.74, 6) is 2.10. The number of ether oxygens (including phenoxy) is 1. The molecule has 1 aromatic heterocycles. The predicted molar refractivity (Wildman–Crippen MR) is 122 cm³/mol. The summed E-state index contributed by atoms with van der Waals surface area (Å²) in [6.45, 7) is 9.59. The molecule has 3 aromatic rings. The molecule has 158 valence electrons. The smallest absolute Gasteiger partial charge is 0.234 e. The number of anilines is 1. The maximum Gasteiger partial charge on any atom is 0.234 e. The minimum absolute atomic E-state index is 0.111. The number of para-hydroxylation sites is 2. The molecule has 0 atom stereocenters. The Morgan fingerprint density at radius 3 is 2.50 bits per heavy atom. The van der Waals surface area contributed by atoms with Crippen LogP contribution < -0.4 is 10.1 Å². The SMILES string of the molecule is CCOc1ccccc1NC(=O)CSc1nnc(-c2ccc(C(C)C)cc2)n1CC. The molecule has 0 bridgehead atoms. The predicted octanol–water partition coefficient (Wildman–Crippen LogP) is 5.22. The fourth-order valence-electron chi connectivity index (χ4n) is 3.08. The van der Waals surface area contributed by atoms with Gasteiger partial charge < -0.3 is 14.6 Å². The van der Waals surface area contributed by atoms with Gasteiger partial charge in [0.05, 0.1) is 18.0 Å². The van der Waals surface area contributed by atoms with Crippen molar-refractivity contribution in [3.05, 3.63) is 54.1 Å². The van der Waals surface area contributed by atoms with Gasteiger partial charge in [0.1, 0.15) is 5.75 Å². The molecule has 0 spiro atoms. The van der Waals surface area contributed by atoms with Crippen LogP contribution in [0.2, 0.25) is 0 Å². The van der Waals surface area contributed by atoms with Crippen LogP contribution in [0.1, 0.15) is 39.2 Å². The monoisotopic (exact) mass is 424 g/mol. The molecule has 1 heterocycles. The second kappa shape index (κ2) is 10.3. The first-order valence-corrected chi connectivity index (χ1v) is 11.2. The van der Waals surface area contributed by atoms with Gasteiger partial charge in [0.15, 0.2) is 11.0 Å². The second-order valence-corrected chi connectivity index (χ2v) is 8.04. The number of benzene rings is 2. The summed E-state index contributed by atoms with van der Waals surface area (Å²) in [5.41, 5.74) is 2.99. The molecular formula is C23H28N4O2S. The zero-order valence-corrected chi connectivity index (χ0v) is 18.7. The van der Waals surface area contributed by atoms with Crippen LogP contribution >= 0.6 is 11.8 Å². The Balaban J connectivity index is 1.68. The van der Waals surface area contributed by atoms with E-state index in [1.165, 1.54) is 17.3 Å². The highest BCUT2D eigenvalue weighted by atomic mass is 32.2. The number of nitrogens with one attached hydrogen (secondary N) is 1. The van der Waals surface area contributed by atoms with E-state index in [9.17, 15) is 4.79 Å². The standard InChI is InChI=1S/C23H28N4O2S/c1-5-27-22(18-13-11-17(12-14-18)16(3)4)25-26-23(27)30-15-21(28)24-19-9-7-8-10-20(19)29-6-2/h7-14,16H,5-6,15H2,1-4H3,(H,24,28). The number of hydrogen-bond donors (Lipinski definition) is 1. The van der Waals surface area contributed by atoms with E-state index in [1.807, 2.05) is 35.8 Å². The molecule has 6 nitrogen and oxygen atoms in total. The molecule has 3 rings (SSSR count). The summed E-state index contributed by atoms with van der Waals surface area (Å²) in [6, 6.07) is 15.9. The third-order valence-electron chi connectivity index (χ3n) is 4.66. The number of nitrogens with zero attached hydrogens (tertiary/aromatic N) is 3. The lowest BCUT2D eigenvalue weighted by Crippen LogP contribution is -2.15. The van der Waals surface area contributed by atoms with Crippen LogP contribution in [0, 0.1) is 0 Å². The molecule has 2 aromatic carbocycles. The van der Waals surface area contributed by atoms with Crippen LogP contribution in [0.25, 0.3) is 11.4 Å². The van der Waals surface area contributed by atoms with Crippen molar-refractivity contribution in [1.82, 2.24) is 14.8 Å². The van der Waals surface area contributed by atoms with E-state index in [0.29, 0.717) is 24.0 Å². The third-order valence-corrected chi connectivity index (χ3v) is 5.63. The normalized spacial score (nSPS) is 11.0. The third kappa shape index (κ3) is 5.21. The summed E-state index contributed by atoms with van der Waals surface area (Å²) in [4.78, 5) is 12.5. The van der Waals surface area contributed by atoms with Crippen LogP contribution in [0.15, 0.2) is 53.7 Å². The van der Waals surface area contributed by atoms with Crippen molar-refractivity contribution in [3.63, 3.8) is 0 Å². The Labute approximate surface area is 182 Å². The summed E-state index contributed by atoms with van der Waals surface area (Å²) in [5, 5.41) is 12.3. The van der Waals surface area contributed by atoms with Crippen molar-refractivity contribution in [2.45, 2.75) is 45.3 Å². The number of thioether (sulfide) groups is 1. The molecule has 0 saturated heterocycles. The van der Waals surface area contributed by atoms with Gasteiger partial charge in [0, 0.05) is 12.1 Å². The summed E-state index contributed by atoms with van der Waals surface area (Å²) < 4.78 is 7.60. The molecule has 0 radical (unpaired) electrons. The molecule has 30 heavy (non-hydrogen) atoms. The Morgan fingerprint density at radius 2 is 1.83 bits per heavy atom. The van der Waals surface area contributed by atoms with E-state index in [4.69, 9.17) is 4.74 Å². The van der Waals surface area contributed by atoms with E-state index >= 15 is 0 Å². The lowest BCUT2D eigenvalue weighted by molar-refractivity contribution is -0.113. The number of amides is 1. The van der Waals surface area contributed by atoms with E-state index in [-0.39, 0.29) is 11.7 Å². The lowest BCUT2D eigenvalue weighted by Gasteiger charge is -2.11. The van der Waals surface area contributed by atoms with Crippen molar-refractivity contribution < 1.29 is 9.53 Å². The Hall–Kier alpha value is -2.80. The van der Waals surface area contributed by atoms with Gasteiger partial charge >= 0.3 is 0 Å². The van der Waals surface area contributed by atoms with Gasteiger partial charge in [-0.05, 0) is 37.5 Å². The number of carbonyl (C=O) groups excluding carboxylic acids is 1. The van der Waals surface area contributed by atoms with E-state index in [2.05, 4.69) is 60.6 Å². The minimum atomic E-state index is -0.111. The van der Waals surface area contributed by atoms with Crippen molar-refractivity contribution >= 4 is 23.4 Å². The molecule has 0 aliphatic carbocycles. The summed E-state index contributed by atoms with van der Waals surface area (Å²) in [7, 11) is 0. The zero-order chi connectivity index (χ0) is 21.5. The van der Waals surface area contributed by atoms with Gasteiger partial charge in [-0.1, -0.05) is 62.0 Å². The van der Waals surface area contributed by atoms with Crippen molar-refractivity contribution in [3.8, 4) is 17.1 Å². The number of carbonyl (C=O) groups is 1. The molecule has 0 aliphatic rings. The van der Waals surface area contributed by atoms with Gasteiger partial charge in [-0.3, -0.25) is 4.79 Å². The van der Waals surface area contributed by atoms with Gasteiger partial charge in [0.25, 0.3) is 0 Å². The number of hydrogen-bond acceptors (Lipinski definition) is 5. The van der Waals surface area contributed by atoms with Crippen molar-refractivity contribution in [2.24, 2.45) is 0 Å². The maximum absolute atomic E-state index is 12.5. The number of rotatable bonds is 9. The quantitative estimate of drug-likeness (QED) is 0.477. The second-order valence-electron chi connectivity index (χ2n) is 7.09. The average molecular weight is 425 g/mol. The van der Waals surface area contributed by atoms with Gasteiger partial charge in [-0.2, -0.15) is 0 Å². The van der Waals surface area contributed by atoms with Crippen molar-refractivity contribution in [1.29, 1.82) is 0 Å². The maximum atomic E-state index is 12.5. The van der Waals surface area contributed by atoms with Gasteiger partial charge in [-0.25, -0.2) is 0 Å². The topological polar surface area (TPSA) is 69.0 Å². The van der Waals surface area contributed by atoms with E-state index < -0.39 is 0 Å². The van der Waals surface area contributed by atoms with Crippen LogP contribution in [0.5, 0.6) is 5.75 Å². The zero-order valence-electron chi connectivity index (χ0n) is 17.9. The molecule has 0 unspecified atom stereocenters. The Morgan fingerprint density at radius 1 is 1.10 bits per heavy atom. The minimum Gasteiger partial charge on any atom is -0.492 e. The van der Waals surface area contributed by atoms with E-state index in [1.54, 1.807) is 0 Å². The first-order valence-electron chi connectivity index (χ1n) is 10.2. The van der Waals surface area contributed by atoms with Crippen LogP contribution in [0.3, 0.4) is 0 Å². The summed E-state index contributed by atoms with van der Waals surface area (Å²) in [6.07, 6.45) is 0. The first-order chi connectivity index (χ1) is 14.5. The van der Waals surface area contributed by atoms with Crippen LogP contribution in [-0.4, -0.2) is 33.0 Å². The lowest BCUT2D eigenvalue weighted by atomic mass is 10.0. The molecule has 0 aliphatic heterocycles. The van der Waals surface area contributed by atoms with Crippen LogP contribution in [0.4, 0.5) is 5.69 Å². The summed E-state index contributed by atoms with van der Waals surface area (Å²) >= 11 is 1.38. The van der Waals surface area contributed by atoms with Crippen molar-refractivity contribution in [2.75, 3.05) is 17.7 Å². The molecule has 7 heteroatoms. The number of aromatic nitrogens is 3. The first kappa shape index (κ1) is 21.9. The highest BCUT2D eigenvalue weighted by Crippen LogP contribution is 2.27. The molecule has 0 fully saturated rings. The fraction of sp³-hybridized carbons (Fsp3) is 0.348. The van der Waals surface area contributed by atoms with Crippen LogP contribution in [-0.2, 0) is 11.3 Å². The highest BCUT2D eigenvalue weighted by molar-refractivity contribution is 7.99. The molecule has 1 amide bonds. The highest BCUT2D eigenvalue weighted by Gasteiger charge is 2.15. The average Bonchev–Trinajstić information content (AvgIpc) is 3.17. The largest absolute Gasteiger partial charge is 0.492 e. The Kier molecular flexibility index (Phi) is 7.52. The van der Waals surface area contributed by atoms with E-state index in [0.717, 1.165) is 23.1 Å². The fourth-order valence-corrected chi connectivity index (χ4v) is 3.88. The molecule has 0 saturated carbocycles. The molecule has 1 N–H and O–H groups in total. The van der Waals surface area contributed by atoms with Gasteiger partial charge in [0.2, 0.25) is 5.91 Å². The molecular weight excluding hydrogens is 396 g/mol. The van der Waals surface area contributed by atoms with Gasteiger partial charge in [-0.15, -0.1) is 10.2 Å².